The van der Waals surface area contributed by atoms with Gasteiger partial charge in [-0.25, -0.2) is 9.97 Å². The minimum Gasteiger partial charge on any atom is -0.399 e. The minimum absolute atomic E-state index is 0.150. The third-order valence-electron chi connectivity index (χ3n) is 7.53. The summed E-state index contributed by atoms with van der Waals surface area (Å²) in [6, 6.07) is 14.3. The third-order valence-corrected chi connectivity index (χ3v) is 8.15. The number of nitrogens with one attached hydrogen (secondary N) is 2. The Morgan fingerprint density at radius 3 is 1.87 bits per heavy atom. The van der Waals surface area contributed by atoms with Crippen molar-refractivity contribution in [3.63, 3.8) is 0 Å². The Morgan fingerprint density at radius 1 is 0.761 bits per heavy atom. The normalized spacial score (nSPS) is 14.7. The lowest BCUT2D eigenvalue weighted by atomic mass is 9.80. The Balaban J connectivity index is 0.000000142. The largest absolute Gasteiger partial charge is 0.496 e. The number of nitrogens with zero attached hydrogens (tertiary/aromatic N) is 6. The lowest BCUT2D eigenvalue weighted by molar-refractivity contribution is -0.390. The van der Waals surface area contributed by atoms with Crippen LogP contribution in [0.15, 0.2) is 90.2 Å². The van der Waals surface area contributed by atoms with E-state index < -0.39 is 9.85 Å². The number of hydrogen-bond donors (Lipinski definition) is 2. The maximum absolute atomic E-state index is 10.9. The molecule has 2 N–H and O–H groups in total. The minimum atomic E-state index is -0.538. The van der Waals surface area contributed by atoms with Crippen molar-refractivity contribution in [1.29, 1.82) is 0 Å². The summed E-state index contributed by atoms with van der Waals surface area (Å²) in [4.78, 5) is 42.0. The lowest BCUT2D eigenvalue weighted by Gasteiger charge is -2.32. The molecule has 0 aromatic carbocycles. The van der Waals surface area contributed by atoms with E-state index in [1.54, 1.807) is 42.9 Å². The van der Waals surface area contributed by atoms with E-state index in [0.717, 1.165) is 27.5 Å². The van der Waals surface area contributed by atoms with Crippen LogP contribution in [0.1, 0.15) is 27.7 Å². The fourth-order valence-corrected chi connectivity index (χ4v) is 4.83. The summed E-state index contributed by atoms with van der Waals surface area (Å²) in [5.74, 6) is -0.309. The number of halogens is 1. The molecule has 1 fully saturated rings. The first-order valence-corrected chi connectivity index (χ1v) is 14.7. The van der Waals surface area contributed by atoms with Crippen molar-refractivity contribution in [2.75, 3.05) is 0 Å². The van der Waals surface area contributed by atoms with Gasteiger partial charge < -0.3 is 39.5 Å². The highest BCUT2D eigenvalue weighted by molar-refractivity contribution is 9.10. The molecule has 16 heteroatoms. The summed E-state index contributed by atoms with van der Waals surface area (Å²) in [6.45, 7) is 8.20. The number of aromatic nitrogens is 6. The Labute approximate surface area is 271 Å². The first-order chi connectivity index (χ1) is 21.9. The second-order valence-corrected chi connectivity index (χ2v) is 12.0. The predicted molar refractivity (Wildman–Crippen MR) is 176 cm³/mol. The first-order valence-electron chi connectivity index (χ1n) is 13.9. The van der Waals surface area contributed by atoms with E-state index in [2.05, 4.69) is 79.6 Å². The number of aromatic amines is 2. The van der Waals surface area contributed by atoms with Crippen LogP contribution in [-0.4, -0.2) is 58.1 Å². The summed E-state index contributed by atoms with van der Waals surface area (Å²) in [5, 5.41) is 23.0. The van der Waals surface area contributed by atoms with Crippen LogP contribution in [-0.2, 0) is 9.31 Å². The maximum atomic E-state index is 10.9. The van der Waals surface area contributed by atoms with Gasteiger partial charge in [-0.1, -0.05) is 0 Å². The molecule has 7 heterocycles. The number of fused-ring (bicyclic) bond motifs is 2. The van der Waals surface area contributed by atoms with Crippen molar-refractivity contribution in [3.05, 3.63) is 110 Å². The third kappa shape index (κ3) is 6.93. The predicted octanol–water partition coefficient (Wildman–Crippen LogP) is 6.15. The van der Waals surface area contributed by atoms with Gasteiger partial charge >= 0.3 is 18.8 Å². The Kier molecular flexibility index (Phi) is 9.23. The molecule has 0 radical (unpaired) electrons. The molecule has 6 aromatic heterocycles. The molecule has 0 aliphatic carbocycles. The van der Waals surface area contributed by atoms with Crippen LogP contribution in [0.5, 0.6) is 0 Å². The Hall–Kier alpha value is -5.06. The average Bonchev–Trinajstić information content (AvgIpc) is 3.74. The molecule has 7 rings (SSSR count). The maximum Gasteiger partial charge on any atom is 0.496 e. The van der Waals surface area contributed by atoms with Gasteiger partial charge in [-0.3, -0.25) is 0 Å². The zero-order valence-corrected chi connectivity index (χ0v) is 26.8. The highest BCUT2D eigenvalue weighted by Crippen LogP contribution is 2.36. The first kappa shape index (κ1) is 32.3. The van der Waals surface area contributed by atoms with Crippen molar-refractivity contribution in [1.82, 2.24) is 29.9 Å². The molecule has 0 saturated carbocycles. The van der Waals surface area contributed by atoms with Crippen molar-refractivity contribution < 1.29 is 19.2 Å². The van der Waals surface area contributed by atoms with Crippen LogP contribution in [0.3, 0.4) is 0 Å². The average molecular weight is 687 g/mol. The van der Waals surface area contributed by atoms with Crippen molar-refractivity contribution >= 4 is 62.2 Å². The number of hydrogen-bond acceptors (Lipinski definition) is 10. The van der Waals surface area contributed by atoms with Crippen LogP contribution in [0.25, 0.3) is 33.2 Å². The smallest absolute Gasteiger partial charge is 0.399 e. The standard InChI is InChI=1S/C13H17BN2O2.C12H8N4O2.C5H3BrN2O2/c1-12(2)13(3,4)18-14(17-12)10-7-9-5-6-15-11(9)16-8-10;17-16(18)12-10(2-1-4-14-12)9-6-8-3-5-13-11(8)15-7-9;6-4-2-1-3-7-5(4)8(9)10/h5-8H,1-4H3,(H,15,16);1-7H,(H,13,15);1-3H. The van der Waals surface area contributed by atoms with E-state index in [4.69, 9.17) is 9.31 Å². The molecular weight excluding hydrogens is 659 g/mol. The van der Waals surface area contributed by atoms with Gasteiger partial charge in [-0.2, -0.15) is 0 Å². The molecule has 0 amide bonds. The molecule has 0 bridgehead atoms. The van der Waals surface area contributed by atoms with Crippen molar-refractivity contribution in [3.8, 4) is 11.1 Å². The van der Waals surface area contributed by atoms with Crippen LogP contribution >= 0.6 is 15.9 Å². The zero-order valence-electron chi connectivity index (χ0n) is 25.2. The SMILES string of the molecule is CC1(C)OB(c2cnc3[nH]ccc3c2)OC1(C)C.O=[N+]([O-])c1ncccc1-c1cnc2[nH]ccc2c1.O=[N+]([O-])c1ncccc1Br. The number of rotatable bonds is 4. The summed E-state index contributed by atoms with van der Waals surface area (Å²) >= 11 is 2.99. The van der Waals surface area contributed by atoms with Gasteiger partial charge in [0.1, 0.15) is 28.2 Å². The van der Waals surface area contributed by atoms with Crippen LogP contribution in [0, 0.1) is 20.2 Å². The van der Waals surface area contributed by atoms with E-state index >= 15 is 0 Å². The van der Waals surface area contributed by atoms with Gasteiger partial charge in [0.05, 0.1) is 16.8 Å². The second kappa shape index (κ2) is 13.1. The summed E-state index contributed by atoms with van der Waals surface area (Å²) in [5.41, 5.74) is 3.12. The van der Waals surface area contributed by atoms with Gasteiger partial charge in [0.2, 0.25) is 0 Å². The summed E-state index contributed by atoms with van der Waals surface area (Å²) in [7, 11) is -0.346. The van der Waals surface area contributed by atoms with Crippen molar-refractivity contribution in [2.45, 2.75) is 38.9 Å². The molecule has 14 nitrogen and oxygen atoms in total. The molecular formula is C30H28BBrN8O6. The molecule has 1 saturated heterocycles. The topological polar surface area (TPSA) is 188 Å². The number of pyridine rings is 4. The van der Waals surface area contributed by atoms with Gasteiger partial charge in [0.15, 0.2) is 0 Å². The van der Waals surface area contributed by atoms with E-state index in [1.807, 2.05) is 24.4 Å². The van der Waals surface area contributed by atoms with Crippen LogP contribution in [0.4, 0.5) is 11.6 Å². The van der Waals surface area contributed by atoms with E-state index in [9.17, 15) is 20.2 Å². The van der Waals surface area contributed by atoms with Gasteiger partial charge in [0, 0.05) is 46.6 Å². The molecule has 0 atom stereocenters. The molecule has 6 aromatic rings. The van der Waals surface area contributed by atoms with Gasteiger partial charge in [-0.15, -0.1) is 0 Å². The fraction of sp³-hybridized carbons (Fsp3) is 0.200. The molecule has 0 spiro atoms. The molecule has 46 heavy (non-hydrogen) atoms. The summed E-state index contributed by atoms with van der Waals surface area (Å²) in [6.07, 6.45) is 9.85. The van der Waals surface area contributed by atoms with E-state index in [0.29, 0.717) is 15.6 Å². The van der Waals surface area contributed by atoms with Gasteiger partial charge in [-0.05, 0) is 112 Å². The van der Waals surface area contributed by atoms with Crippen LogP contribution in [0.2, 0.25) is 0 Å². The number of H-pyrrole nitrogens is 2. The lowest BCUT2D eigenvalue weighted by Crippen LogP contribution is -2.41. The second-order valence-electron chi connectivity index (χ2n) is 11.1. The molecule has 234 valence electrons. The Morgan fingerprint density at radius 2 is 1.30 bits per heavy atom. The van der Waals surface area contributed by atoms with Gasteiger partial charge in [0.25, 0.3) is 0 Å². The Bertz CT molecular complexity index is 2020. The zero-order chi connectivity index (χ0) is 33.1. The summed E-state index contributed by atoms with van der Waals surface area (Å²) < 4.78 is 12.4. The monoisotopic (exact) mass is 686 g/mol. The number of nitro groups is 2. The molecule has 1 aliphatic rings. The van der Waals surface area contributed by atoms with E-state index in [1.165, 1.54) is 12.4 Å². The van der Waals surface area contributed by atoms with Crippen LogP contribution < -0.4 is 5.46 Å². The molecule has 0 unspecified atom stereocenters. The quantitative estimate of drug-likeness (QED) is 0.124. The highest BCUT2D eigenvalue weighted by Gasteiger charge is 2.51. The fourth-order valence-electron chi connectivity index (χ4n) is 4.43. The van der Waals surface area contributed by atoms with E-state index in [-0.39, 0.29) is 30.0 Å². The molecule has 1 aliphatic heterocycles. The highest BCUT2D eigenvalue weighted by atomic mass is 79.9. The van der Waals surface area contributed by atoms with Crippen molar-refractivity contribution in [2.24, 2.45) is 0 Å².